The van der Waals surface area contributed by atoms with Gasteiger partial charge in [-0.05, 0) is 31.4 Å². The van der Waals surface area contributed by atoms with Crippen LogP contribution in [0.25, 0.3) is 0 Å². The Morgan fingerprint density at radius 2 is 2.21 bits per heavy atom. The molecular weight excluding hydrogens is 283 g/mol. The summed E-state index contributed by atoms with van der Waals surface area (Å²) < 4.78 is 5.82. The number of aromatic amines is 1. The molecule has 5 heteroatoms. The van der Waals surface area contributed by atoms with Gasteiger partial charge < -0.3 is 9.72 Å². The van der Waals surface area contributed by atoms with E-state index in [-0.39, 0.29) is 12.4 Å². The van der Waals surface area contributed by atoms with Gasteiger partial charge in [0.2, 0.25) is 0 Å². The minimum atomic E-state index is 0. The van der Waals surface area contributed by atoms with Crippen molar-refractivity contribution in [1.82, 2.24) is 9.97 Å². The summed E-state index contributed by atoms with van der Waals surface area (Å²) in [6.07, 6.45) is 5.18. The van der Waals surface area contributed by atoms with Crippen LogP contribution in [0.4, 0.5) is 0 Å². The van der Waals surface area contributed by atoms with Gasteiger partial charge in [0, 0.05) is 11.6 Å². The zero-order chi connectivity index (χ0) is 12.4. The molecule has 3 nitrogen and oxygen atoms in total. The highest BCUT2D eigenvalue weighted by atomic mass is 35.5. The number of nitrogens with zero attached hydrogens (tertiary/aromatic N) is 1. The second-order valence-electron chi connectivity index (χ2n) is 4.60. The number of H-pyrrole nitrogens is 1. The zero-order valence-electron chi connectivity index (χ0n) is 10.4. The molecule has 0 aliphatic heterocycles. The number of imidazole rings is 1. The minimum absolute atomic E-state index is 0. The van der Waals surface area contributed by atoms with Crippen LogP contribution < -0.4 is 4.74 Å². The summed E-state index contributed by atoms with van der Waals surface area (Å²) in [4.78, 5) is 7.61. The molecule has 1 aromatic carbocycles. The normalized spacial score (nSPS) is 17.4. The van der Waals surface area contributed by atoms with E-state index in [0.717, 1.165) is 24.3 Å². The van der Waals surface area contributed by atoms with Crippen LogP contribution in [0.3, 0.4) is 0 Å². The summed E-state index contributed by atoms with van der Waals surface area (Å²) in [6.45, 7) is 0.640. The largest absolute Gasteiger partial charge is 0.491 e. The van der Waals surface area contributed by atoms with Gasteiger partial charge in [-0.1, -0.05) is 23.7 Å². The molecular formula is C14H16Cl2N2O. The number of nitrogens with one attached hydrogen (secondary N) is 1. The molecule has 0 saturated heterocycles. The van der Waals surface area contributed by atoms with Gasteiger partial charge in [0.05, 0.1) is 23.7 Å². The number of rotatable bonds is 3. The summed E-state index contributed by atoms with van der Waals surface area (Å²) >= 11 is 6.07. The maximum absolute atomic E-state index is 6.07. The van der Waals surface area contributed by atoms with Gasteiger partial charge in [0.15, 0.2) is 0 Å². The molecule has 19 heavy (non-hydrogen) atoms. The van der Waals surface area contributed by atoms with Crippen molar-refractivity contribution >= 4 is 24.0 Å². The first-order chi connectivity index (χ1) is 8.84. The third-order valence-corrected chi connectivity index (χ3v) is 3.71. The molecule has 0 saturated carbocycles. The Kier molecular flexibility index (Phi) is 4.72. The zero-order valence-corrected chi connectivity index (χ0v) is 12.0. The average molecular weight is 299 g/mol. The number of fused-ring (bicyclic) bond motifs is 1. The summed E-state index contributed by atoms with van der Waals surface area (Å²) in [7, 11) is 0. The Hall–Kier alpha value is -1.19. The molecule has 0 spiro atoms. The Bertz CT molecular complexity index is 542. The fraction of sp³-hybridized carbons (Fsp3) is 0.357. The first kappa shape index (κ1) is 14.2. The van der Waals surface area contributed by atoms with E-state index in [2.05, 4.69) is 9.97 Å². The van der Waals surface area contributed by atoms with E-state index in [4.69, 9.17) is 16.3 Å². The van der Waals surface area contributed by atoms with E-state index in [1.54, 1.807) is 6.33 Å². The Morgan fingerprint density at radius 1 is 1.37 bits per heavy atom. The predicted molar refractivity (Wildman–Crippen MR) is 78.5 cm³/mol. The third kappa shape index (κ3) is 3.04. The van der Waals surface area contributed by atoms with Crippen molar-refractivity contribution in [3.63, 3.8) is 0 Å². The Balaban J connectivity index is 0.00000133. The van der Waals surface area contributed by atoms with Crippen LogP contribution in [-0.2, 0) is 6.42 Å². The molecule has 3 rings (SSSR count). The molecule has 1 atom stereocenters. The van der Waals surface area contributed by atoms with Crippen LogP contribution in [0.15, 0.2) is 30.6 Å². The third-order valence-electron chi connectivity index (χ3n) is 3.39. The van der Waals surface area contributed by atoms with Crippen LogP contribution in [0, 0.1) is 0 Å². The Labute approximate surface area is 123 Å². The monoisotopic (exact) mass is 298 g/mol. The van der Waals surface area contributed by atoms with Crippen LogP contribution in [0.2, 0.25) is 5.02 Å². The van der Waals surface area contributed by atoms with Crippen LogP contribution >= 0.6 is 24.0 Å². The van der Waals surface area contributed by atoms with E-state index >= 15 is 0 Å². The first-order valence-corrected chi connectivity index (χ1v) is 6.62. The van der Waals surface area contributed by atoms with E-state index < -0.39 is 0 Å². The van der Waals surface area contributed by atoms with Gasteiger partial charge >= 0.3 is 0 Å². The van der Waals surface area contributed by atoms with Crippen molar-refractivity contribution in [3.8, 4) is 5.75 Å². The van der Waals surface area contributed by atoms with E-state index in [1.807, 2.05) is 24.3 Å². The van der Waals surface area contributed by atoms with Crippen molar-refractivity contribution in [2.75, 3.05) is 6.61 Å². The molecule has 2 aromatic rings. The molecule has 0 radical (unpaired) electrons. The number of halogens is 2. The number of ether oxygens (including phenoxy) is 1. The van der Waals surface area contributed by atoms with E-state index in [9.17, 15) is 0 Å². The summed E-state index contributed by atoms with van der Waals surface area (Å²) in [6, 6.07) is 7.58. The van der Waals surface area contributed by atoms with Crippen molar-refractivity contribution in [2.24, 2.45) is 0 Å². The SMILES string of the molecule is Cl.Clc1ccccc1OCC1CCCc2[nH]cnc21. The van der Waals surface area contributed by atoms with Gasteiger partial charge in [-0.15, -0.1) is 12.4 Å². The molecule has 0 bridgehead atoms. The van der Waals surface area contributed by atoms with Gasteiger partial charge in [-0.25, -0.2) is 4.98 Å². The molecule has 1 aromatic heterocycles. The standard InChI is InChI=1S/C14H15ClN2O.ClH/c15-11-5-1-2-7-13(11)18-8-10-4-3-6-12-14(10)17-9-16-12;/h1-2,5,7,9-10H,3-4,6,8H2,(H,16,17);1H. The number of hydrogen-bond acceptors (Lipinski definition) is 2. The van der Waals surface area contributed by atoms with E-state index in [0.29, 0.717) is 17.5 Å². The number of hydrogen-bond donors (Lipinski definition) is 1. The summed E-state index contributed by atoms with van der Waals surface area (Å²) in [5.41, 5.74) is 2.42. The van der Waals surface area contributed by atoms with Gasteiger partial charge in [0.25, 0.3) is 0 Å². The lowest BCUT2D eigenvalue weighted by Crippen LogP contribution is -2.16. The lowest BCUT2D eigenvalue weighted by molar-refractivity contribution is 0.272. The molecule has 1 aliphatic rings. The molecule has 1 aliphatic carbocycles. The summed E-state index contributed by atoms with van der Waals surface area (Å²) in [5.74, 6) is 1.12. The molecule has 0 amide bonds. The number of aromatic nitrogens is 2. The molecule has 0 fully saturated rings. The molecule has 1 unspecified atom stereocenters. The van der Waals surface area contributed by atoms with E-state index in [1.165, 1.54) is 12.1 Å². The predicted octanol–water partition coefficient (Wildman–Crippen LogP) is 3.98. The van der Waals surface area contributed by atoms with Crippen molar-refractivity contribution in [3.05, 3.63) is 47.0 Å². The highest BCUT2D eigenvalue weighted by Crippen LogP contribution is 2.31. The fourth-order valence-electron chi connectivity index (χ4n) is 2.46. The van der Waals surface area contributed by atoms with Crippen LogP contribution in [0.1, 0.15) is 30.1 Å². The van der Waals surface area contributed by atoms with Gasteiger partial charge in [-0.2, -0.15) is 0 Å². The second-order valence-corrected chi connectivity index (χ2v) is 5.00. The number of aryl methyl sites for hydroxylation is 1. The highest BCUT2D eigenvalue weighted by molar-refractivity contribution is 6.32. The lowest BCUT2D eigenvalue weighted by Gasteiger charge is -2.21. The van der Waals surface area contributed by atoms with Crippen molar-refractivity contribution in [2.45, 2.75) is 25.2 Å². The second kappa shape index (κ2) is 6.31. The molecule has 1 heterocycles. The van der Waals surface area contributed by atoms with Crippen molar-refractivity contribution < 1.29 is 4.74 Å². The minimum Gasteiger partial charge on any atom is -0.491 e. The van der Waals surface area contributed by atoms with Gasteiger partial charge in [-0.3, -0.25) is 0 Å². The Morgan fingerprint density at radius 3 is 3.05 bits per heavy atom. The summed E-state index contributed by atoms with van der Waals surface area (Å²) in [5, 5.41) is 0.663. The van der Waals surface area contributed by atoms with Crippen molar-refractivity contribution in [1.29, 1.82) is 0 Å². The number of para-hydroxylation sites is 1. The van der Waals surface area contributed by atoms with Crippen LogP contribution in [-0.4, -0.2) is 16.6 Å². The lowest BCUT2D eigenvalue weighted by atomic mass is 9.90. The number of benzene rings is 1. The van der Waals surface area contributed by atoms with Crippen LogP contribution in [0.5, 0.6) is 5.75 Å². The quantitative estimate of drug-likeness (QED) is 0.930. The molecule has 102 valence electrons. The molecule has 1 N–H and O–H groups in total. The smallest absolute Gasteiger partial charge is 0.137 e. The van der Waals surface area contributed by atoms with Gasteiger partial charge in [0.1, 0.15) is 5.75 Å². The maximum atomic E-state index is 6.07. The highest BCUT2D eigenvalue weighted by Gasteiger charge is 2.23. The maximum Gasteiger partial charge on any atom is 0.137 e. The first-order valence-electron chi connectivity index (χ1n) is 6.24. The topological polar surface area (TPSA) is 37.9 Å². The fourth-order valence-corrected chi connectivity index (χ4v) is 2.65. The average Bonchev–Trinajstić information content (AvgIpc) is 2.86.